The molecule has 2 heterocycles. The number of H-pyrrole nitrogens is 1. The van der Waals surface area contributed by atoms with Gasteiger partial charge in [0.1, 0.15) is 5.52 Å². The summed E-state index contributed by atoms with van der Waals surface area (Å²) in [6.45, 7) is 0.947. The van der Waals surface area contributed by atoms with E-state index < -0.39 is 0 Å². The van der Waals surface area contributed by atoms with Crippen LogP contribution in [0.2, 0.25) is 0 Å². The van der Waals surface area contributed by atoms with Crippen molar-refractivity contribution in [1.82, 2.24) is 19.9 Å². The van der Waals surface area contributed by atoms with E-state index >= 15 is 0 Å². The molecule has 7 heteroatoms. The first-order chi connectivity index (χ1) is 12.3. The highest BCUT2D eigenvalue weighted by Crippen LogP contribution is 2.26. The molecule has 2 aromatic heterocycles. The van der Waals surface area contributed by atoms with Gasteiger partial charge in [-0.1, -0.05) is 35.2 Å². The summed E-state index contributed by atoms with van der Waals surface area (Å²) in [6, 6.07) is 7.93. The molecule has 1 aromatic carbocycles. The molecule has 1 fully saturated rings. The average Bonchev–Trinajstić information content (AvgIpc) is 3.11. The zero-order valence-electron chi connectivity index (χ0n) is 13.9. The Morgan fingerprint density at radius 3 is 2.68 bits per heavy atom. The number of hydrogen-bond acceptors (Lipinski definition) is 5. The van der Waals surface area contributed by atoms with Gasteiger partial charge < -0.3 is 15.6 Å². The summed E-state index contributed by atoms with van der Waals surface area (Å²) in [5, 5.41) is 6.76. The van der Waals surface area contributed by atoms with Gasteiger partial charge in [-0.3, -0.25) is 0 Å². The number of anilines is 3. The molecule has 0 saturated heterocycles. The quantitative estimate of drug-likeness (QED) is 0.570. The monoisotopic (exact) mass is 400 g/mol. The number of imidazole rings is 1. The van der Waals surface area contributed by atoms with E-state index in [0.29, 0.717) is 11.6 Å². The number of nitrogens with zero attached hydrogens (tertiary/aromatic N) is 3. The zero-order chi connectivity index (χ0) is 17.1. The highest BCUT2D eigenvalue weighted by molar-refractivity contribution is 9.10. The molecule has 0 unspecified atom stereocenters. The highest BCUT2D eigenvalue weighted by Gasteiger charge is 2.15. The van der Waals surface area contributed by atoms with Gasteiger partial charge in [0.05, 0.1) is 6.33 Å². The molecular weight excluding hydrogens is 380 g/mol. The Morgan fingerprint density at radius 2 is 1.88 bits per heavy atom. The van der Waals surface area contributed by atoms with Gasteiger partial charge in [-0.15, -0.1) is 0 Å². The first kappa shape index (κ1) is 16.3. The van der Waals surface area contributed by atoms with Gasteiger partial charge in [0.25, 0.3) is 0 Å². The Bertz CT molecular complexity index is 838. The van der Waals surface area contributed by atoms with E-state index in [0.717, 1.165) is 34.0 Å². The predicted octanol–water partition coefficient (Wildman–Crippen LogP) is 4.85. The van der Waals surface area contributed by atoms with Crippen molar-refractivity contribution in [3.05, 3.63) is 35.1 Å². The lowest BCUT2D eigenvalue weighted by Crippen LogP contribution is -2.18. The lowest BCUT2D eigenvalue weighted by molar-refractivity contribution is 0.373. The number of aromatic nitrogens is 4. The molecule has 1 aliphatic rings. The molecule has 25 heavy (non-hydrogen) atoms. The third-order valence-corrected chi connectivity index (χ3v) is 5.20. The van der Waals surface area contributed by atoms with Crippen molar-refractivity contribution in [3.63, 3.8) is 0 Å². The molecule has 1 saturated carbocycles. The second-order valence-electron chi connectivity index (χ2n) is 6.51. The fourth-order valence-electron chi connectivity index (χ4n) is 3.31. The molecular formula is C18H21BrN6. The van der Waals surface area contributed by atoms with Crippen LogP contribution in [-0.2, 0) is 0 Å². The summed E-state index contributed by atoms with van der Waals surface area (Å²) in [5.41, 5.74) is 2.47. The molecule has 0 atom stereocenters. The Balaban J connectivity index is 1.54. The van der Waals surface area contributed by atoms with Crippen LogP contribution in [0.4, 0.5) is 17.5 Å². The second kappa shape index (κ2) is 7.39. The first-order valence-electron chi connectivity index (χ1n) is 8.75. The number of benzene rings is 1. The van der Waals surface area contributed by atoms with Crippen LogP contribution in [0.1, 0.15) is 32.1 Å². The summed E-state index contributed by atoms with van der Waals surface area (Å²) in [6.07, 6.45) is 8.31. The summed E-state index contributed by atoms with van der Waals surface area (Å²) in [7, 11) is 0. The molecule has 6 nitrogen and oxygen atoms in total. The van der Waals surface area contributed by atoms with Gasteiger partial charge >= 0.3 is 0 Å². The van der Waals surface area contributed by atoms with E-state index in [-0.39, 0.29) is 0 Å². The minimum atomic E-state index is 0.549. The van der Waals surface area contributed by atoms with E-state index in [4.69, 9.17) is 0 Å². The Kier molecular flexibility index (Phi) is 4.83. The van der Waals surface area contributed by atoms with Crippen LogP contribution in [0, 0.1) is 5.92 Å². The van der Waals surface area contributed by atoms with Crippen LogP contribution in [0.25, 0.3) is 11.2 Å². The molecule has 4 rings (SSSR count). The molecule has 1 aliphatic carbocycles. The van der Waals surface area contributed by atoms with Crippen molar-refractivity contribution in [2.24, 2.45) is 5.92 Å². The average molecular weight is 401 g/mol. The van der Waals surface area contributed by atoms with Crippen molar-refractivity contribution in [3.8, 4) is 0 Å². The molecule has 0 aliphatic heterocycles. The standard InChI is InChI=1S/C18H21BrN6/c19-13-6-8-14(9-7-13)23-18-24-16(15-17(25-18)22-11-21-15)20-10-12-4-2-1-3-5-12/h6-9,11-12H,1-5,10H2,(H3,20,21,22,23,24,25). The molecule has 3 N–H and O–H groups in total. The van der Waals surface area contributed by atoms with Gasteiger partial charge in [-0.2, -0.15) is 9.97 Å². The number of halogens is 1. The lowest BCUT2D eigenvalue weighted by Gasteiger charge is -2.22. The largest absolute Gasteiger partial charge is 0.368 e. The topological polar surface area (TPSA) is 78.5 Å². The summed E-state index contributed by atoms with van der Waals surface area (Å²) in [4.78, 5) is 16.6. The van der Waals surface area contributed by atoms with Gasteiger partial charge in [0, 0.05) is 16.7 Å². The van der Waals surface area contributed by atoms with E-state index in [1.807, 2.05) is 24.3 Å². The number of rotatable bonds is 5. The summed E-state index contributed by atoms with van der Waals surface area (Å²) in [5.74, 6) is 2.09. The Hall–Kier alpha value is -2.15. The maximum absolute atomic E-state index is 4.66. The predicted molar refractivity (Wildman–Crippen MR) is 104 cm³/mol. The fraction of sp³-hybridized carbons (Fsp3) is 0.389. The van der Waals surface area contributed by atoms with Crippen molar-refractivity contribution < 1.29 is 0 Å². The van der Waals surface area contributed by atoms with Crippen molar-refractivity contribution in [2.75, 3.05) is 17.2 Å². The van der Waals surface area contributed by atoms with E-state index in [1.165, 1.54) is 32.1 Å². The zero-order valence-corrected chi connectivity index (χ0v) is 15.5. The number of hydrogen-bond donors (Lipinski definition) is 3. The SMILES string of the molecule is Brc1ccc(Nc2nc(NCC3CCCCC3)c3[nH]cnc3n2)cc1. The van der Waals surface area contributed by atoms with Gasteiger partial charge in [0.15, 0.2) is 11.5 Å². The Morgan fingerprint density at radius 1 is 1.08 bits per heavy atom. The maximum Gasteiger partial charge on any atom is 0.231 e. The Labute approximate surface area is 155 Å². The molecule has 0 radical (unpaired) electrons. The lowest BCUT2D eigenvalue weighted by atomic mass is 9.89. The molecule has 0 spiro atoms. The number of fused-ring (bicyclic) bond motifs is 1. The van der Waals surface area contributed by atoms with Gasteiger partial charge in [0.2, 0.25) is 5.95 Å². The number of nitrogens with one attached hydrogen (secondary N) is 3. The van der Waals surface area contributed by atoms with Crippen LogP contribution in [0.5, 0.6) is 0 Å². The third kappa shape index (κ3) is 3.92. The molecule has 0 bridgehead atoms. The van der Waals surface area contributed by atoms with Crippen molar-refractivity contribution in [2.45, 2.75) is 32.1 Å². The normalized spacial score (nSPS) is 15.4. The molecule has 130 valence electrons. The van der Waals surface area contributed by atoms with E-state index in [9.17, 15) is 0 Å². The van der Waals surface area contributed by atoms with Crippen LogP contribution in [0.3, 0.4) is 0 Å². The summed E-state index contributed by atoms with van der Waals surface area (Å²) >= 11 is 3.44. The molecule has 0 amide bonds. The molecule has 3 aromatic rings. The first-order valence-corrected chi connectivity index (χ1v) is 9.55. The van der Waals surface area contributed by atoms with Crippen LogP contribution >= 0.6 is 15.9 Å². The smallest absolute Gasteiger partial charge is 0.231 e. The number of aromatic amines is 1. The second-order valence-corrected chi connectivity index (χ2v) is 7.43. The van der Waals surface area contributed by atoms with Crippen LogP contribution in [0.15, 0.2) is 35.1 Å². The third-order valence-electron chi connectivity index (χ3n) is 4.67. The van der Waals surface area contributed by atoms with Crippen molar-refractivity contribution >= 4 is 44.5 Å². The van der Waals surface area contributed by atoms with E-state index in [1.54, 1.807) is 6.33 Å². The maximum atomic E-state index is 4.66. The van der Waals surface area contributed by atoms with E-state index in [2.05, 4.69) is 46.5 Å². The van der Waals surface area contributed by atoms with Crippen LogP contribution < -0.4 is 10.6 Å². The van der Waals surface area contributed by atoms with Crippen molar-refractivity contribution in [1.29, 1.82) is 0 Å². The minimum Gasteiger partial charge on any atom is -0.368 e. The van der Waals surface area contributed by atoms with Gasteiger partial charge in [-0.05, 0) is 43.0 Å². The van der Waals surface area contributed by atoms with Gasteiger partial charge in [-0.25, -0.2) is 4.98 Å². The summed E-state index contributed by atoms with van der Waals surface area (Å²) < 4.78 is 1.04. The highest BCUT2D eigenvalue weighted by atomic mass is 79.9. The minimum absolute atomic E-state index is 0.549. The van der Waals surface area contributed by atoms with Crippen LogP contribution in [-0.4, -0.2) is 26.5 Å². The fourth-order valence-corrected chi connectivity index (χ4v) is 3.58.